The van der Waals surface area contributed by atoms with E-state index in [2.05, 4.69) is 0 Å². The quantitative estimate of drug-likeness (QED) is 0.707. The Morgan fingerprint density at radius 1 is 0.815 bits per heavy atom. The topological polar surface area (TPSA) is 97.5 Å². The van der Waals surface area contributed by atoms with Gasteiger partial charge in [0, 0.05) is 13.1 Å². The first-order chi connectivity index (χ1) is 12.6. The van der Waals surface area contributed by atoms with Crippen molar-refractivity contribution in [1.29, 1.82) is 0 Å². The van der Waals surface area contributed by atoms with E-state index in [1.54, 1.807) is 37.3 Å². The number of rotatable bonds is 5. The molecule has 27 heavy (non-hydrogen) atoms. The van der Waals surface area contributed by atoms with Crippen LogP contribution in [0.2, 0.25) is 0 Å². The molecule has 8 heteroatoms. The molecule has 142 valence electrons. The maximum absolute atomic E-state index is 13.0. The first-order valence-electron chi connectivity index (χ1n) is 8.20. The normalized spacial score (nSPS) is 13.8. The van der Waals surface area contributed by atoms with Crippen molar-refractivity contribution in [2.75, 3.05) is 7.05 Å². The number of benzene rings is 3. The Hall–Kier alpha value is -2.26. The van der Waals surface area contributed by atoms with Crippen LogP contribution in [0, 0.1) is 0 Å². The van der Waals surface area contributed by atoms with E-state index in [9.17, 15) is 16.8 Å². The van der Waals surface area contributed by atoms with E-state index in [4.69, 9.17) is 5.14 Å². The van der Waals surface area contributed by atoms with Gasteiger partial charge in [0.15, 0.2) is 0 Å². The van der Waals surface area contributed by atoms with Crippen molar-refractivity contribution in [3.63, 3.8) is 0 Å². The Labute approximate surface area is 159 Å². The van der Waals surface area contributed by atoms with Crippen molar-refractivity contribution >= 4 is 30.8 Å². The number of primary sulfonamides is 1. The Bertz CT molecular complexity index is 1190. The number of hydrogen-bond acceptors (Lipinski definition) is 4. The van der Waals surface area contributed by atoms with E-state index < -0.39 is 26.1 Å². The molecular formula is C19H20N2O4S2. The summed E-state index contributed by atoms with van der Waals surface area (Å²) in [6.07, 6.45) is 0. The molecular weight excluding hydrogens is 384 g/mol. The molecule has 0 aromatic heterocycles. The fourth-order valence-electron chi connectivity index (χ4n) is 2.85. The van der Waals surface area contributed by atoms with Crippen LogP contribution in [-0.4, -0.2) is 28.2 Å². The zero-order valence-electron chi connectivity index (χ0n) is 14.9. The second-order valence-corrected chi connectivity index (χ2v) is 9.88. The summed E-state index contributed by atoms with van der Waals surface area (Å²) in [4.78, 5) is 0.190. The highest BCUT2D eigenvalue weighted by Gasteiger charge is 2.26. The summed E-state index contributed by atoms with van der Waals surface area (Å²) >= 11 is 0. The smallest absolute Gasteiger partial charge is 0.225 e. The molecule has 0 saturated heterocycles. The molecule has 0 aliphatic heterocycles. The van der Waals surface area contributed by atoms with Crippen LogP contribution >= 0.6 is 0 Å². The lowest BCUT2D eigenvalue weighted by molar-refractivity contribution is 0.398. The third-order valence-electron chi connectivity index (χ3n) is 4.63. The summed E-state index contributed by atoms with van der Waals surface area (Å²) in [5.74, 6) is 0. The standard InChI is InChI=1S/C19H20N2O4S2/c1-14(15-7-10-18(11-8-15)26(20,22)23)21(2)27(24,25)19-12-9-16-5-3-4-6-17(16)13-19/h3-14H,1-2H3,(H2,20,22,23). The minimum atomic E-state index is -3.79. The lowest BCUT2D eigenvalue weighted by Gasteiger charge is -2.25. The molecule has 0 aliphatic carbocycles. The molecule has 3 aromatic carbocycles. The monoisotopic (exact) mass is 404 g/mol. The maximum Gasteiger partial charge on any atom is 0.243 e. The summed E-state index contributed by atoms with van der Waals surface area (Å²) < 4.78 is 50.1. The fourth-order valence-corrected chi connectivity index (χ4v) is 4.75. The molecule has 1 unspecified atom stereocenters. The third-order valence-corrected chi connectivity index (χ3v) is 7.49. The van der Waals surface area contributed by atoms with E-state index in [1.165, 1.54) is 23.5 Å². The molecule has 1 atom stereocenters. The molecule has 3 rings (SSSR count). The van der Waals surface area contributed by atoms with Crippen molar-refractivity contribution < 1.29 is 16.8 Å². The van der Waals surface area contributed by atoms with Gasteiger partial charge in [-0.1, -0.05) is 42.5 Å². The van der Waals surface area contributed by atoms with Gasteiger partial charge in [0.1, 0.15) is 0 Å². The lowest BCUT2D eigenvalue weighted by atomic mass is 10.1. The summed E-state index contributed by atoms with van der Waals surface area (Å²) in [6, 6.07) is 18.0. The minimum absolute atomic E-state index is 0.0153. The molecule has 0 heterocycles. The van der Waals surface area contributed by atoms with Crippen LogP contribution in [-0.2, 0) is 20.0 Å². The minimum Gasteiger partial charge on any atom is -0.225 e. The number of sulfonamides is 2. The number of nitrogens with two attached hydrogens (primary N) is 1. The molecule has 0 aliphatic rings. The van der Waals surface area contributed by atoms with Crippen molar-refractivity contribution in [1.82, 2.24) is 4.31 Å². The van der Waals surface area contributed by atoms with Gasteiger partial charge in [-0.15, -0.1) is 0 Å². The van der Waals surface area contributed by atoms with E-state index in [0.717, 1.165) is 10.8 Å². The first kappa shape index (κ1) is 19.5. The molecule has 0 spiro atoms. The van der Waals surface area contributed by atoms with Gasteiger partial charge in [-0.05, 0) is 47.5 Å². The Balaban J connectivity index is 1.93. The van der Waals surface area contributed by atoms with Crippen LogP contribution in [0.3, 0.4) is 0 Å². The Morgan fingerprint density at radius 2 is 1.37 bits per heavy atom. The van der Waals surface area contributed by atoms with Gasteiger partial charge in [0.25, 0.3) is 0 Å². The van der Waals surface area contributed by atoms with E-state index in [0.29, 0.717) is 5.56 Å². The van der Waals surface area contributed by atoms with Gasteiger partial charge in [0.2, 0.25) is 20.0 Å². The highest BCUT2D eigenvalue weighted by molar-refractivity contribution is 7.89. The Morgan fingerprint density at radius 3 is 1.96 bits per heavy atom. The second kappa shape index (κ2) is 7.05. The summed E-state index contributed by atoms with van der Waals surface area (Å²) in [7, 11) is -6.01. The molecule has 0 fully saturated rings. The summed E-state index contributed by atoms with van der Waals surface area (Å²) in [6.45, 7) is 1.74. The lowest BCUT2D eigenvalue weighted by Crippen LogP contribution is -2.29. The van der Waals surface area contributed by atoms with Crippen molar-refractivity contribution in [2.24, 2.45) is 5.14 Å². The van der Waals surface area contributed by atoms with Gasteiger partial charge in [0.05, 0.1) is 9.79 Å². The average Bonchev–Trinajstić information content (AvgIpc) is 2.65. The molecule has 3 aromatic rings. The third kappa shape index (κ3) is 3.89. The SMILES string of the molecule is CC(c1ccc(S(N)(=O)=O)cc1)N(C)S(=O)(=O)c1ccc2ccccc2c1. The molecule has 0 amide bonds. The zero-order valence-corrected chi connectivity index (χ0v) is 16.5. The second-order valence-electron chi connectivity index (χ2n) is 6.32. The van der Waals surface area contributed by atoms with Crippen LogP contribution < -0.4 is 5.14 Å². The van der Waals surface area contributed by atoms with Gasteiger partial charge in [-0.3, -0.25) is 0 Å². The fraction of sp³-hybridized carbons (Fsp3) is 0.158. The van der Waals surface area contributed by atoms with Crippen LogP contribution in [0.25, 0.3) is 10.8 Å². The Kier molecular flexibility index (Phi) is 5.09. The predicted molar refractivity (Wildman–Crippen MR) is 105 cm³/mol. The molecule has 0 saturated carbocycles. The zero-order chi connectivity index (χ0) is 19.8. The molecule has 0 radical (unpaired) electrons. The number of nitrogens with zero attached hydrogens (tertiary/aromatic N) is 1. The highest BCUT2D eigenvalue weighted by atomic mass is 32.2. The maximum atomic E-state index is 13.0. The van der Waals surface area contributed by atoms with Gasteiger partial charge >= 0.3 is 0 Å². The molecule has 6 nitrogen and oxygen atoms in total. The summed E-state index contributed by atoms with van der Waals surface area (Å²) in [5.41, 5.74) is 0.661. The average molecular weight is 405 g/mol. The van der Waals surface area contributed by atoms with Crippen LogP contribution in [0.1, 0.15) is 18.5 Å². The van der Waals surface area contributed by atoms with Gasteiger partial charge in [-0.2, -0.15) is 4.31 Å². The summed E-state index contributed by atoms with van der Waals surface area (Å²) in [5, 5.41) is 6.91. The number of fused-ring (bicyclic) bond motifs is 1. The first-order valence-corrected chi connectivity index (χ1v) is 11.2. The largest absolute Gasteiger partial charge is 0.243 e. The molecule has 0 bridgehead atoms. The van der Waals surface area contributed by atoms with Crippen LogP contribution in [0.5, 0.6) is 0 Å². The van der Waals surface area contributed by atoms with E-state index >= 15 is 0 Å². The van der Waals surface area contributed by atoms with E-state index in [1.807, 2.05) is 24.3 Å². The van der Waals surface area contributed by atoms with Crippen LogP contribution in [0.15, 0.2) is 76.5 Å². The molecule has 2 N–H and O–H groups in total. The van der Waals surface area contributed by atoms with E-state index in [-0.39, 0.29) is 9.79 Å². The van der Waals surface area contributed by atoms with Crippen molar-refractivity contribution in [2.45, 2.75) is 22.8 Å². The van der Waals surface area contributed by atoms with Crippen molar-refractivity contribution in [3.05, 3.63) is 72.3 Å². The predicted octanol–water partition coefficient (Wildman–Crippen LogP) is 2.87. The van der Waals surface area contributed by atoms with Crippen LogP contribution in [0.4, 0.5) is 0 Å². The highest BCUT2D eigenvalue weighted by Crippen LogP contribution is 2.28. The van der Waals surface area contributed by atoms with Crippen molar-refractivity contribution in [3.8, 4) is 0 Å². The van der Waals surface area contributed by atoms with Gasteiger partial charge in [-0.25, -0.2) is 22.0 Å². The number of hydrogen-bond donors (Lipinski definition) is 1. The van der Waals surface area contributed by atoms with Gasteiger partial charge < -0.3 is 0 Å².